The number of aromatic nitrogens is 1. The first-order valence-corrected chi connectivity index (χ1v) is 4.26. The van der Waals surface area contributed by atoms with Gasteiger partial charge >= 0.3 is 0 Å². The molecule has 0 fully saturated rings. The van der Waals surface area contributed by atoms with Gasteiger partial charge in [-0.2, -0.15) is 0 Å². The number of nitrogens with zero attached hydrogens (tertiary/aromatic N) is 1. The third-order valence-corrected chi connectivity index (χ3v) is 1.67. The predicted octanol–water partition coefficient (Wildman–Crippen LogP) is 2.14. The minimum atomic E-state index is 0.461. The second kappa shape index (κ2) is 4.16. The summed E-state index contributed by atoms with van der Waals surface area (Å²) in [6, 6.07) is 1.73. The van der Waals surface area contributed by atoms with Crippen LogP contribution in [-0.4, -0.2) is 11.5 Å². The number of nitrogens with one attached hydrogen (secondary N) is 1. The Morgan fingerprint density at radius 3 is 3.08 bits per heavy atom. The topological polar surface area (TPSA) is 50.9 Å². The maximum Gasteiger partial charge on any atom is 0.131 e. The molecule has 0 saturated heterocycles. The lowest BCUT2D eigenvalue weighted by atomic mass is 10.3. The molecule has 1 aromatic heterocycles. The number of hydrogen-bond acceptors (Lipinski definition) is 3. The van der Waals surface area contributed by atoms with Crippen LogP contribution in [0.3, 0.4) is 0 Å². The molecule has 1 heterocycles. The summed E-state index contributed by atoms with van der Waals surface area (Å²) >= 11 is 5.69. The summed E-state index contributed by atoms with van der Waals surface area (Å²) in [5, 5.41) is 3.61. The van der Waals surface area contributed by atoms with Crippen molar-refractivity contribution in [2.75, 3.05) is 17.6 Å². The first kappa shape index (κ1) is 9.13. The van der Waals surface area contributed by atoms with Gasteiger partial charge in [0, 0.05) is 12.6 Å². The molecule has 1 rings (SSSR count). The van der Waals surface area contributed by atoms with Gasteiger partial charge in [-0.1, -0.05) is 18.5 Å². The fraction of sp³-hybridized carbons (Fsp3) is 0.375. The van der Waals surface area contributed by atoms with Gasteiger partial charge in [0.15, 0.2) is 0 Å². The van der Waals surface area contributed by atoms with E-state index in [1.807, 2.05) is 0 Å². The molecule has 0 atom stereocenters. The highest BCUT2D eigenvalue weighted by Crippen LogP contribution is 2.19. The van der Waals surface area contributed by atoms with Gasteiger partial charge in [-0.25, -0.2) is 4.98 Å². The molecule has 0 bridgehead atoms. The standard InChI is InChI=1S/C8H12ClN3/c1-2-3-11-7-4-8(9)12-5-6(7)10/h4-5H,2-3,10H2,1H3,(H,11,12). The number of nitrogen functional groups attached to an aromatic ring is 1. The summed E-state index contributed by atoms with van der Waals surface area (Å²) < 4.78 is 0. The van der Waals surface area contributed by atoms with Gasteiger partial charge in [0.05, 0.1) is 17.6 Å². The van der Waals surface area contributed by atoms with Crippen LogP contribution in [0.15, 0.2) is 12.3 Å². The molecule has 3 N–H and O–H groups in total. The second-order valence-electron chi connectivity index (χ2n) is 2.52. The SMILES string of the molecule is CCCNc1cc(Cl)ncc1N. The molecular weight excluding hydrogens is 174 g/mol. The Labute approximate surface area is 76.9 Å². The van der Waals surface area contributed by atoms with E-state index in [9.17, 15) is 0 Å². The van der Waals surface area contributed by atoms with Crippen LogP contribution in [0.4, 0.5) is 11.4 Å². The van der Waals surface area contributed by atoms with Crippen LogP contribution in [0.2, 0.25) is 5.15 Å². The molecule has 1 aromatic rings. The molecular formula is C8H12ClN3. The highest BCUT2D eigenvalue weighted by Gasteiger charge is 1.98. The monoisotopic (exact) mass is 185 g/mol. The average molecular weight is 186 g/mol. The van der Waals surface area contributed by atoms with E-state index in [1.165, 1.54) is 0 Å². The van der Waals surface area contributed by atoms with Gasteiger partial charge in [-0.15, -0.1) is 0 Å². The Morgan fingerprint density at radius 1 is 1.67 bits per heavy atom. The zero-order chi connectivity index (χ0) is 8.97. The zero-order valence-electron chi connectivity index (χ0n) is 6.97. The summed E-state index contributed by atoms with van der Waals surface area (Å²) in [5.41, 5.74) is 7.14. The van der Waals surface area contributed by atoms with E-state index in [0.29, 0.717) is 10.8 Å². The van der Waals surface area contributed by atoms with Gasteiger partial charge < -0.3 is 11.1 Å². The van der Waals surface area contributed by atoms with E-state index < -0.39 is 0 Å². The zero-order valence-corrected chi connectivity index (χ0v) is 7.73. The predicted molar refractivity (Wildman–Crippen MR) is 52.4 cm³/mol. The second-order valence-corrected chi connectivity index (χ2v) is 2.91. The number of hydrogen-bond donors (Lipinski definition) is 2. The fourth-order valence-electron chi connectivity index (χ4n) is 0.853. The Kier molecular flexibility index (Phi) is 3.17. The van der Waals surface area contributed by atoms with Gasteiger partial charge in [0.2, 0.25) is 0 Å². The summed E-state index contributed by atoms with van der Waals surface area (Å²) in [6.07, 6.45) is 2.61. The normalized spacial score (nSPS) is 9.83. The van der Waals surface area contributed by atoms with Crippen LogP contribution in [0.5, 0.6) is 0 Å². The van der Waals surface area contributed by atoms with Crippen molar-refractivity contribution < 1.29 is 0 Å². The Balaban J connectivity index is 2.75. The van der Waals surface area contributed by atoms with Crippen LogP contribution in [0.1, 0.15) is 13.3 Å². The molecule has 0 radical (unpaired) electrons. The molecule has 0 aromatic carbocycles. The molecule has 0 spiro atoms. The third kappa shape index (κ3) is 2.27. The summed E-state index contributed by atoms with van der Waals surface area (Å²) in [4.78, 5) is 3.85. The Morgan fingerprint density at radius 2 is 2.42 bits per heavy atom. The van der Waals surface area contributed by atoms with Gasteiger partial charge in [-0.05, 0) is 6.42 Å². The van der Waals surface area contributed by atoms with Crippen LogP contribution in [0, 0.1) is 0 Å². The molecule has 0 aliphatic heterocycles. The molecule has 0 aliphatic carbocycles. The lowest BCUT2D eigenvalue weighted by Gasteiger charge is -2.07. The van der Waals surface area contributed by atoms with Crippen molar-refractivity contribution >= 4 is 23.0 Å². The summed E-state index contributed by atoms with van der Waals surface area (Å²) in [7, 11) is 0. The van der Waals surface area contributed by atoms with Crippen molar-refractivity contribution in [3.05, 3.63) is 17.4 Å². The Bertz CT molecular complexity index is 262. The minimum absolute atomic E-state index is 0.461. The van der Waals surface area contributed by atoms with Crippen molar-refractivity contribution in [1.29, 1.82) is 0 Å². The lowest BCUT2D eigenvalue weighted by molar-refractivity contribution is 0.979. The lowest BCUT2D eigenvalue weighted by Crippen LogP contribution is -2.03. The van der Waals surface area contributed by atoms with Crippen LogP contribution in [0.25, 0.3) is 0 Å². The molecule has 4 heteroatoms. The molecule has 12 heavy (non-hydrogen) atoms. The van der Waals surface area contributed by atoms with Gasteiger partial charge in [0.25, 0.3) is 0 Å². The number of pyridine rings is 1. The third-order valence-electron chi connectivity index (χ3n) is 1.47. The van der Waals surface area contributed by atoms with Crippen molar-refractivity contribution in [1.82, 2.24) is 4.98 Å². The molecule has 0 saturated carbocycles. The maximum atomic E-state index is 5.69. The number of halogens is 1. The van der Waals surface area contributed by atoms with E-state index in [0.717, 1.165) is 18.7 Å². The summed E-state index contributed by atoms with van der Waals surface area (Å²) in [5.74, 6) is 0. The number of anilines is 2. The highest BCUT2D eigenvalue weighted by molar-refractivity contribution is 6.29. The summed E-state index contributed by atoms with van der Waals surface area (Å²) in [6.45, 7) is 2.98. The highest BCUT2D eigenvalue weighted by atomic mass is 35.5. The molecule has 3 nitrogen and oxygen atoms in total. The molecule has 0 aliphatic rings. The number of nitrogens with two attached hydrogens (primary N) is 1. The fourth-order valence-corrected chi connectivity index (χ4v) is 1.01. The van der Waals surface area contributed by atoms with Gasteiger partial charge in [-0.3, -0.25) is 0 Å². The number of rotatable bonds is 3. The average Bonchev–Trinajstić information content (AvgIpc) is 2.07. The molecule has 0 amide bonds. The van der Waals surface area contributed by atoms with E-state index in [2.05, 4.69) is 17.2 Å². The van der Waals surface area contributed by atoms with Crippen LogP contribution < -0.4 is 11.1 Å². The largest absolute Gasteiger partial charge is 0.396 e. The van der Waals surface area contributed by atoms with Crippen molar-refractivity contribution in [2.45, 2.75) is 13.3 Å². The first-order chi connectivity index (χ1) is 5.74. The first-order valence-electron chi connectivity index (χ1n) is 3.89. The van der Waals surface area contributed by atoms with Crippen LogP contribution >= 0.6 is 11.6 Å². The van der Waals surface area contributed by atoms with E-state index in [4.69, 9.17) is 17.3 Å². The van der Waals surface area contributed by atoms with Crippen LogP contribution in [-0.2, 0) is 0 Å². The molecule has 0 unspecified atom stereocenters. The van der Waals surface area contributed by atoms with Gasteiger partial charge in [0.1, 0.15) is 5.15 Å². The maximum absolute atomic E-state index is 5.69. The van der Waals surface area contributed by atoms with E-state index in [-0.39, 0.29) is 0 Å². The van der Waals surface area contributed by atoms with Crippen molar-refractivity contribution in [2.24, 2.45) is 0 Å². The quantitative estimate of drug-likeness (QED) is 0.710. The smallest absolute Gasteiger partial charge is 0.131 e. The molecule has 66 valence electrons. The van der Waals surface area contributed by atoms with Crippen molar-refractivity contribution in [3.8, 4) is 0 Å². The van der Waals surface area contributed by atoms with E-state index in [1.54, 1.807) is 12.3 Å². The minimum Gasteiger partial charge on any atom is -0.396 e. The van der Waals surface area contributed by atoms with Crippen molar-refractivity contribution in [3.63, 3.8) is 0 Å². The van der Waals surface area contributed by atoms with E-state index >= 15 is 0 Å². The Hall–Kier alpha value is -0.960.